The number of nitrogens with one attached hydrogen (secondary N) is 2. The van der Waals surface area contributed by atoms with Crippen molar-refractivity contribution < 1.29 is 14.4 Å². The van der Waals surface area contributed by atoms with Gasteiger partial charge in [0.15, 0.2) is 5.78 Å². The van der Waals surface area contributed by atoms with Crippen LogP contribution in [-0.2, 0) is 16.0 Å². The number of aryl methyl sites for hydroxylation is 1. The Morgan fingerprint density at radius 3 is 2.08 bits per heavy atom. The van der Waals surface area contributed by atoms with Gasteiger partial charge in [0.25, 0.3) is 0 Å². The van der Waals surface area contributed by atoms with Crippen molar-refractivity contribution in [2.45, 2.75) is 26.2 Å². The number of benzene rings is 2. The minimum atomic E-state index is -0.209. The molecule has 130 valence electrons. The van der Waals surface area contributed by atoms with Crippen molar-refractivity contribution in [3.05, 3.63) is 65.2 Å². The summed E-state index contributed by atoms with van der Waals surface area (Å²) in [7, 11) is 1.59. The van der Waals surface area contributed by atoms with Crippen LogP contribution < -0.4 is 10.6 Å². The summed E-state index contributed by atoms with van der Waals surface area (Å²) in [6, 6.07) is 14.4. The molecule has 0 unspecified atom stereocenters. The summed E-state index contributed by atoms with van der Waals surface area (Å²) in [4.78, 5) is 35.4. The zero-order chi connectivity index (χ0) is 18.2. The van der Waals surface area contributed by atoms with E-state index in [2.05, 4.69) is 10.6 Å². The highest BCUT2D eigenvalue weighted by atomic mass is 16.2. The highest BCUT2D eigenvalue weighted by molar-refractivity contribution is 6.00. The van der Waals surface area contributed by atoms with E-state index < -0.39 is 0 Å². The second-order valence-corrected chi connectivity index (χ2v) is 5.88. The van der Waals surface area contributed by atoms with E-state index in [0.29, 0.717) is 17.7 Å². The average molecular weight is 338 g/mol. The van der Waals surface area contributed by atoms with Gasteiger partial charge in [-0.1, -0.05) is 42.0 Å². The fourth-order valence-electron chi connectivity index (χ4n) is 2.31. The van der Waals surface area contributed by atoms with Crippen LogP contribution in [0, 0.1) is 6.92 Å². The third-order valence-electron chi connectivity index (χ3n) is 3.83. The molecule has 0 saturated heterocycles. The molecule has 0 radical (unpaired) electrons. The molecular formula is C20H22N2O3. The highest BCUT2D eigenvalue weighted by Gasteiger charge is 2.10. The van der Waals surface area contributed by atoms with E-state index in [1.54, 1.807) is 43.4 Å². The third-order valence-corrected chi connectivity index (χ3v) is 3.83. The maximum Gasteiger partial charge on any atom is 0.224 e. The van der Waals surface area contributed by atoms with E-state index in [1.165, 1.54) is 0 Å². The molecule has 2 aromatic rings. The summed E-state index contributed by atoms with van der Waals surface area (Å²) >= 11 is 0. The number of carbonyl (C=O) groups excluding carboxylic acids is 3. The molecule has 2 aromatic carbocycles. The van der Waals surface area contributed by atoms with Gasteiger partial charge in [-0.3, -0.25) is 14.4 Å². The van der Waals surface area contributed by atoms with Crippen molar-refractivity contribution in [3.8, 4) is 0 Å². The van der Waals surface area contributed by atoms with Crippen LogP contribution in [0.1, 0.15) is 34.3 Å². The van der Waals surface area contributed by atoms with E-state index in [0.717, 1.165) is 11.1 Å². The second-order valence-electron chi connectivity index (χ2n) is 5.88. The van der Waals surface area contributed by atoms with Crippen LogP contribution in [-0.4, -0.2) is 24.6 Å². The molecule has 2 rings (SSSR count). The largest absolute Gasteiger partial charge is 0.359 e. The Hall–Kier alpha value is -2.95. The SMILES string of the molecule is CNC(=O)Cc1ccc(NC(=O)CCC(=O)c2ccc(C)cc2)cc1. The lowest BCUT2D eigenvalue weighted by atomic mass is 10.0. The minimum absolute atomic E-state index is 0.0453. The molecule has 2 amide bonds. The fourth-order valence-corrected chi connectivity index (χ4v) is 2.31. The van der Waals surface area contributed by atoms with Gasteiger partial charge in [0, 0.05) is 31.1 Å². The first-order valence-electron chi connectivity index (χ1n) is 8.17. The van der Waals surface area contributed by atoms with Crippen LogP contribution in [0.5, 0.6) is 0 Å². The fraction of sp³-hybridized carbons (Fsp3) is 0.250. The van der Waals surface area contributed by atoms with E-state index >= 15 is 0 Å². The normalized spacial score (nSPS) is 10.2. The Morgan fingerprint density at radius 1 is 0.840 bits per heavy atom. The van der Waals surface area contributed by atoms with Gasteiger partial charge in [-0.05, 0) is 24.6 Å². The van der Waals surface area contributed by atoms with Crippen molar-refractivity contribution in [1.82, 2.24) is 5.32 Å². The molecular weight excluding hydrogens is 316 g/mol. The summed E-state index contributed by atoms with van der Waals surface area (Å²) in [5, 5.41) is 5.32. The number of likely N-dealkylation sites (N-methyl/N-ethyl adjacent to an activating group) is 1. The molecule has 0 bridgehead atoms. The molecule has 0 aliphatic rings. The monoisotopic (exact) mass is 338 g/mol. The number of hydrogen-bond donors (Lipinski definition) is 2. The third kappa shape index (κ3) is 5.88. The number of anilines is 1. The van der Waals surface area contributed by atoms with Crippen LogP contribution in [0.2, 0.25) is 0 Å². The quantitative estimate of drug-likeness (QED) is 0.762. The Labute approximate surface area is 147 Å². The Bertz CT molecular complexity index is 750. The van der Waals surface area contributed by atoms with Crippen LogP contribution >= 0.6 is 0 Å². The molecule has 5 heteroatoms. The summed E-state index contributed by atoms with van der Waals surface area (Å²) in [6.07, 6.45) is 0.603. The molecule has 0 atom stereocenters. The van der Waals surface area contributed by atoms with Crippen LogP contribution in [0.3, 0.4) is 0 Å². The molecule has 2 N–H and O–H groups in total. The molecule has 0 saturated carbocycles. The maximum atomic E-state index is 12.1. The van der Waals surface area contributed by atoms with Crippen LogP contribution in [0.15, 0.2) is 48.5 Å². The topological polar surface area (TPSA) is 75.3 Å². The molecule has 0 heterocycles. The number of carbonyl (C=O) groups is 3. The van der Waals surface area contributed by atoms with E-state index in [4.69, 9.17) is 0 Å². The molecule has 25 heavy (non-hydrogen) atoms. The first-order valence-corrected chi connectivity index (χ1v) is 8.17. The number of hydrogen-bond acceptors (Lipinski definition) is 3. The van der Waals surface area contributed by atoms with Crippen molar-refractivity contribution in [2.24, 2.45) is 0 Å². The predicted molar refractivity (Wildman–Crippen MR) is 97.6 cm³/mol. The van der Waals surface area contributed by atoms with Gasteiger partial charge in [-0.2, -0.15) is 0 Å². The smallest absolute Gasteiger partial charge is 0.224 e. The second kappa shape index (κ2) is 8.78. The van der Waals surface area contributed by atoms with Gasteiger partial charge >= 0.3 is 0 Å². The van der Waals surface area contributed by atoms with E-state index in [1.807, 2.05) is 19.1 Å². The minimum Gasteiger partial charge on any atom is -0.359 e. The van der Waals surface area contributed by atoms with Crippen LogP contribution in [0.25, 0.3) is 0 Å². The average Bonchev–Trinajstić information content (AvgIpc) is 2.62. The molecule has 5 nitrogen and oxygen atoms in total. The predicted octanol–water partition coefficient (Wildman–Crippen LogP) is 2.89. The molecule has 0 aliphatic carbocycles. The molecule has 0 spiro atoms. The Kier molecular flexibility index (Phi) is 6.46. The van der Waals surface area contributed by atoms with E-state index in [-0.39, 0.29) is 30.4 Å². The van der Waals surface area contributed by atoms with Gasteiger partial charge in [-0.15, -0.1) is 0 Å². The van der Waals surface area contributed by atoms with Crippen molar-refractivity contribution in [1.29, 1.82) is 0 Å². The summed E-state index contributed by atoms with van der Waals surface area (Å²) in [5.74, 6) is -0.318. The zero-order valence-corrected chi connectivity index (χ0v) is 14.5. The van der Waals surface area contributed by atoms with Gasteiger partial charge in [0.1, 0.15) is 0 Å². The lowest BCUT2D eigenvalue weighted by Crippen LogP contribution is -2.19. The molecule has 0 aromatic heterocycles. The summed E-state index contributed by atoms with van der Waals surface area (Å²) in [5.41, 5.74) is 3.23. The lowest BCUT2D eigenvalue weighted by molar-refractivity contribution is -0.120. The van der Waals surface area contributed by atoms with Crippen LogP contribution in [0.4, 0.5) is 5.69 Å². The maximum absolute atomic E-state index is 12.1. The summed E-state index contributed by atoms with van der Waals surface area (Å²) in [6.45, 7) is 1.96. The molecule has 0 aliphatic heterocycles. The van der Waals surface area contributed by atoms with Gasteiger partial charge in [-0.25, -0.2) is 0 Å². The lowest BCUT2D eigenvalue weighted by Gasteiger charge is -2.07. The first kappa shape index (κ1) is 18.4. The van der Waals surface area contributed by atoms with E-state index in [9.17, 15) is 14.4 Å². The van der Waals surface area contributed by atoms with Gasteiger partial charge in [0.2, 0.25) is 11.8 Å². The van der Waals surface area contributed by atoms with Gasteiger partial charge in [0.05, 0.1) is 6.42 Å². The zero-order valence-electron chi connectivity index (χ0n) is 14.5. The number of ketones is 1. The molecule has 0 fully saturated rings. The van der Waals surface area contributed by atoms with Crippen molar-refractivity contribution in [2.75, 3.05) is 12.4 Å². The highest BCUT2D eigenvalue weighted by Crippen LogP contribution is 2.12. The number of amides is 2. The number of Topliss-reactive ketones (excluding diaryl/α,β-unsaturated/α-hetero) is 1. The standard InChI is InChI=1S/C20H22N2O3/c1-14-3-7-16(8-4-14)18(23)11-12-19(24)22-17-9-5-15(6-10-17)13-20(25)21-2/h3-10H,11-13H2,1-2H3,(H,21,25)(H,22,24). The Balaban J connectivity index is 1.82. The van der Waals surface area contributed by atoms with Gasteiger partial charge < -0.3 is 10.6 Å². The summed E-state index contributed by atoms with van der Waals surface area (Å²) < 4.78 is 0. The first-order chi connectivity index (χ1) is 12.0. The Morgan fingerprint density at radius 2 is 1.48 bits per heavy atom. The van der Waals surface area contributed by atoms with Crippen molar-refractivity contribution in [3.63, 3.8) is 0 Å². The number of rotatable bonds is 7. The van der Waals surface area contributed by atoms with Crippen molar-refractivity contribution >= 4 is 23.3 Å².